The molecule has 1 heterocycles. The minimum Gasteiger partial charge on any atom is -0.469 e. The van der Waals surface area contributed by atoms with Crippen molar-refractivity contribution in [2.75, 3.05) is 20.7 Å². The molecule has 1 aromatic heterocycles. The summed E-state index contributed by atoms with van der Waals surface area (Å²) in [6.45, 7) is 3.07. The van der Waals surface area contributed by atoms with Crippen molar-refractivity contribution in [1.29, 1.82) is 0 Å². The van der Waals surface area contributed by atoms with Crippen LogP contribution in [0.2, 0.25) is 0 Å². The fourth-order valence-electron chi connectivity index (χ4n) is 4.10. The number of furan rings is 1. The fourth-order valence-corrected chi connectivity index (χ4v) is 4.10. The molecule has 1 aromatic carbocycles. The predicted molar refractivity (Wildman–Crippen MR) is 92.6 cm³/mol. The second-order valence-corrected chi connectivity index (χ2v) is 6.65. The van der Waals surface area contributed by atoms with Crippen molar-refractivity contribution in [2.45, 2.75) is 38.2 Å². The Kier molecular flexibility index (Phi) is 4.88. The van der Waals surface area contributed by atoms with E-state index in [9.17, 15) is 0 Å². The summed E-state index contributed by atoms with van der Waals surface area (Å²) < 4.78 is 11.9. The van der Waals surface area contributed by atoms with Crippen LogP contribution in [0.25, 0.3) is 0 Å². The lowest BCUT2D eigenvalue weighted by Crippen LogP contribution is -2.45. The molecule has 3 heteroatoms. The summed E-state index contributed by atoms with van der Waals surface area (Å²) in [7, 11) is 3.88. The minimum atomic E-state index is -0.241. The van der Waals surface area contributed by atoms with E-state index in [2.05, 4.69) is 36.5 Å². The Morgan fingerprint density at radius 2 is 2.22 bits per heavy atom. The minimum absolute atomic E-state index is 0.241. The monoisotopic (exact) mass is 313 g/mol. The van der Waals surface area contributed by atoms with Crippen molar-refractivity contribution in [1.82, 2.24) is 5.32 Å². The average molecular weight is 313 g/mol. The van der Waals surface area contributed by atoms with E-state index < -0.39 is 0 Å². The maximum absolute atomic E-state index is 6.24. The van der Waals surface area contributed by atoms with Crippen LogP contribution in [0.15, 0.2) is 41.0 Å². The fraction of sp³-hybridized carbons (Fsp3) is 0.500. The first kappa shape index (κ1) is 16.3. The van der Waals surface area contributed by atoms with E-state index >= 15 is 0 Å². The molecule has 0 saturated heterocycles. The van der Waals surface area contributed by atoms with E-state index in [0.29, 0.717) is 5.92 Å². The highest BCUT2D eigenvalue weighted by Crippen LogP contribution is 2.45. The molecule has 23 heavy (non-hydrogen) atoms. The number of hydrogen-bond donors (Lipinski definition) is 1. The van der Waals surface area contributed by atoms with Crippen molar-refractivity contribution in [3.63, 3.8) is 0 Å². The molecule has 124 valence electrons. The number of methoxy groups -OCH3 is 1. The van der Waals surface area contributed by atoms with E-state index in [1.165, 1.54) is 23.1 Å². The molecule has 0 spiro atoms. The van der Waals surface area contributed by atoms with E-state index in [0.717, 1.165) is 31.6 Å². The van der Waals surface area contributed by atoms with Gasteiger partial charge in [0.1, 0.15) is 5.76 Å². The first-order valence-electron chi connectivity index (χ1n) is 8.51. The number of hydrogen-bond acceptors (Lipinski definition) is 3. The highest BCUT2D eigenvalue weighted by atomic mass is 16.5. The summed E-state index contributed by atoms with van der Waals surface area (Å²) in [4.78, 5) is 0. The third-order valence-corrected chi connectivity index (χ3v) is 5.22. The number of benzene rings is 1. The summed E-state index contributed by atoms with van der Waals surface area (Å²) >= 11 is 0. The van der Waals surface area contributed by atoms with Crippen LogP contribution in [0.5, 0.6) is 0 Å². The first-order chi connectivity index (χ1) is 11.2. The third kappa shape index (κ3) is 3.08. The molecule has 2 aromatic rings. The van der Waals surface area contributed by atoms with Gasteiger partial charge in [-0.3, -0.25) is 0 Å². The van der Waals surface area contributed by atoms with Gasteiger partial charge in [-0.1, -0.05) is 23.8 Å². The van der Waals surface area contributed by atoms with Crippen LogP contribution < -0.4 is 5.32 Å². The maximum Gasteiger partial charge on any atom is 0.104 e. The standard InChI is InChI=1S/C20H27NO2/c1-15-8-9-16-6-4-10-20(22-3,19(16)12-15)17(14-21-2)13-18-7-5-11-23-18/h5,7-9,11-12,17,21H,4,6,10,13-14H2,1-3H3. The second kappa shape index (κ2) is 6.90. The van der Waals surface area contributed by atoms with Gasteiger partial charge in [0.2, 0.25) is 0 Å². The highest BCUT2D eigenvalue weighted by Gasteiger charge is 2.43. The summed E-state index contributed by atoms with van der Waals surface area (Å²) in [5, 5.41) is 3.36. The van der Waals surface area contributed by atoms with Gasteiger partial charge in [-0.15, -0.1) is 0 Å². The molecular formula is C20H27NO2. The van der Waals surface area contributed by atoms with Gasteiger partial charge in [0, 0.05) is 26.0 Å². The zero-order valence-electron chi connectivity index (χ0n) is 14.4. The Bertz CT molecular complexity index is 635. The van der Waals surface area contributed by atoms with Crippen molar-refractivity contribution >= 4 is 0 Å². The normalized spacial score (nSPS) is 21.9. The molecule has 0 saturated carbocycles. The molecule has 0 fully saturated rings. The smallest absolute Gasteiger partial charge is 0.104 e. The van der Waals surface area contributed by atoms with E-state index in [-0.39, 0.29) is 5.60 Å². The van der Waals surface area contributed by atoms with Crippen molar-refractivity contribution in [3.05, 3.63) is 59.0 Å². The van der Waals surface area contributed by atoms with Gasteiger partial charge in [-0.05, 0) is 56.5 Å². The van der Waals surface area contributed by atoms with Gasteiger partial charge in [0.25, 0.3) is 0 Å². The van der Waals surface area contributed by atoms with E-state index in [1.54, 1.807) is 6.26 Å². The number of aryl methyl sites for hydroxylation is 2. The van der Waals surface area contributed by atoms with Gasteiger partial charge in [0.05, 0.1) is 11.9 Å². The van der Waals surface area contributed by atoms with Gasteiger partial charge in [0.15, 0.2) is 0 Å². The predicted octanol–water partition coefficient (Wildman–Crippen LogP) is 3.84. The molecule has 1 N–H and O–H groups in total. The molecule has 0 bridgehead atoms. The van der Waals surface area contributed by atoms with Gasteiger partial charge < -0.3 is 14.5 Å². The van der Waals surface area contributed by atoms with Crippen LogP contribution in [0.1, 0.15) is 35.3 Å². The number of fused-ring (bicyclic) bond motifs is 1. The Morgan fingerprint density at radius 1 is 1.35 bits per heavy atom. The Labute approximate surface area is 139 Å². The van der Waals surface area contributed by atoms with Gasteiger partial charge in [-0.2, -0.15) is 0 Å². The quantitative estimate of drug-likeness (QED) is 0.880. The lowest BCUT2D eigenvalue weighted by atomic mass is 9.69. The first-order valence-corrected chi connectivity index (χ1v) is 8.51. The molecule has 2 unspecified atom stereocenters. The summed E-state index contributed by atoms with van der Waals surface area (Å²) in [5.41, 5.74) is 3.87. The Hall–Kier alpha value is -1.58. The van der Waals surface area contributed by atoms with Crippen molar-refractivity contribution < 1.29 is 9.15 Å². The summed E-state index contributed by atoms with van der Waals surface area (Å²) in [6.07, 6.45) is 6.02. The molecule has 1 aliphatic rings. The molecule has 3 rings (SSSR count). The highest BCUT2D eigenvalue weighted by molar-refractivity contribution is 5.39. The zero-order valence-corrected chi connectivity index (χ0v) is 14.4. The maximum atomic E-state index is 6.24. The molecule has 0 amide bonds. The molecule has 1 aliphatic carbocycles. The number of rotatable bonds is 6. The Balaban J connectivity index is 2.03. The lowest BCUT2D eigenvalue weighted by Gasteiger charge is -2.44. The SMILES string of the molecule is CNCC(Cc1ccco1)C1(OC)CCCc2ccc(C)cc21. The zero-order chi connectivity index (χ0) is 16.3. The van der Waals surface area contributed by atoms with Crippen LogP contribution >= 0.6 is 0 Å². The molecule has 0 aliphatic heterocycles. The van der Waals surface area contributed by atoms with Gasteiger partial charge in [-0.25, -0.2) is 0 Å². The van der Waals surface area contributed by atoms with Crippen molar-refractivity contribution in [3.8, 4) is 0 Å². The molecule has 3 nitrogen and oxygen atoms in total. The average Bonchev–Trinajstić information content (AvgIpc) is 3.07. The summed E-state index contributed by atoms with van der Waals surface area (Å²) in [5.74, 6) is 1.37. The van der Waals surface area contributed by atoms with E-state index in [4.69, 9.17) is 9.15 Å². The number of nitrogens with one attached hydrogen (secondary N) is 1. The molecular weight excluding hydrogens is 286 g/mol. The van der Waals surface area contributed by atoms with Crippen LogP contribution in [0.4, 0.5) is 0 Å². The topological polar surface area (TPSA) is 34.4 Å². The number of ether oxygens (including phenoxy) is 1. The molecule has 0 radical (unpaired) electrons. The summed E-state index contributed by atoms with van der Waals surface area (Å²) in [6, 6.07) is 10.8. The largest absolute Gasteiger partial charge is 0.469 e. The molecule has 2 atom stereocenters. The Morgan fingerprint density at radius 3 is 2.91 bits per heavy atom. The van der Waals surface area contributed by atoms with Crippen LogP contribution in [-0.2, 0) is 23.2 Å². The van der Waals surface area contributed by atoms with Crippen LogP contribution in [0, 0.1) is 12.8 Å². The van der Waals surface area contributed by atoms with Gasteiger partial charge >= 0.3 is 0 Å². The second-order valence-electron chi connectivity index (χ2n) is 6.65. The lowest BCUT2D eigenvalue weighted by molar-refractivity contribution is -0.0778. The van der Waals surface area contributed by atoms with Crippen molar-refractivity contribution in [2.24, 2.45) is 5.92 Å². The van der Waals surface area contributed by atoms with Crippen LogP contribution in [0.3, 0.4) is 0 Å². The van der Waals surface area contributed by atoms with E-state index in [1.807, 2.05) is 20.2 Å². The van der Waals surface area contributed by atoms with Crippen LogP contribution in [-0.4, -0.2) is 20.7 Å². The third-order valence-electron chi connectivity index (χ3n) is 5.22.